The molecule has 0 saturated carbocycles. The second-order valence-corrected chi connectivity index (χ2v) is 3.33. The molecule has 0 aromatic heterocycles. The van der Waals surface area contributed by atoms with E-state index >= 15 is 0 Å². The Morgan fingerprint density at radius 2 is 2.19 bits per heavy atom. The van der Waals surface area contributed by atoms with Gasteiger partial charge in [-0.15, -0.1) is 0 Å². The Balaban J connectivity index is 2.81. The van der Waals surface area contributed by atoms with Gasteiger partial charge in [-0.25, -0.2) is 0 Å². The van der Waals surface area contributed by atoms with Crippen LogP contribution >= 0.6 is 0 Å². The van der Waals surface area contributed by atoms with Crippen LogP contribution in [0.2, 0.25) is 0 Å². The minimum Gasteiger partial charge on any atom is -0.341 e. The van der Waals surface area contributed by atoms with Gasteiger partial charge < -0.3 is 4.90 Å². The maximum atomic E-state index is 11.8. The summed E-state index contributed by atoms with van der Waals surface area (Å²) in [7, 11) is 1.64. The van der Waals surface area contributed by atoms with Crippen molar-refractivity contribution in [2.24, 2.45) is 0 Å². The van der Waals surface area contributed by atoms with Crippen LogP contribution in [0.15, 0.2) is 24.3 Å². The molecule has 4 heteroatoms. The van der Waals surface area contributed by atoms with Crippen molar-refractivity contribution < 1.29 is 4.79 Å². The highest BCUT2D eigenvalue weighted by Gasteiger charge is 2.11. The van der Waals surface area contributed by atoms with E-state index in [9.17, 15) is 4.79 Å². The van der Waals surface area contributed by atoms with E-state index < -0.39 is 0 Å². The average molecular weight is 213 g/mol. The number of hydrogen-bond donors (Lipinski definition) is 0. The van der Waals surface area contributed by atoms with Gasteiger partial charge in [0.1, 0.15) is 0 Å². The zero-order valence-electron chi connectivity index (χ0n) is 8.97. The van der Waals surface area contributed by atoms with Crippen LogP contribution in [-0.2, 0) is 0 Å². The molecule has 0 fully saturated rings. The first-order valence-electron chi connectivity index (χ1n) is 4.81. The maximum absolute atomic E-state index is 11.8. The molecule has 80 valence electrons. The van der Waals surface area contributed by atoms with Crippen molar-refractivity contribution in [3.63, 3.8) is 0 Å². The zero-order chi connectivity index (χ0) is 12.0. The fourth-order valence-corrected chi connectivity index (χ4v) is 1.26. The Morgan fingerprint density at radius 3 is 2.81 bits per heavy atom. The Kier molecular flexibility index (Phi) is 4.06. The molecule has 0 aliphatic heterocycles. The van der Waals surface area contributed by atoms with Crippen LogP contribution in [0.5, 0.6) is 0 Å². The molecule has 0 heterocycles. The number of carbonyl (C=O) groups excluding carboxylic acids is 1. The van der Waals surface area contributed by atoms with Crippen molar-refractivity contribution in [2.45, 2.75) is 6.42 Å². The number of nitrogens with zero attached hydrogens (tertiary/aromatic N) is 3. The largest absolute Gasteiger partial charge is 0.341 e. The van der Waals surface area contributed by atoms with E-state index in [1.54, 1.807) is 31.3 Å². The molecule has 0 aliphatic rings. The Hall–Kier alpha value is -2.33. The molecule has 0 spiro atoms. The van der Waals surface area contributed by atoms with Gasteiger partial charge in [-0.3, -0.25) is 4.79 Å². The summed E-state index contributed by atoms with van der Waals surface area (Å²) in [6.07, 6.45) is 0.306. The first-order chi connectivity index (χ1) is 7.69. The lowest BCUT2D eigenvalue weighted by atomic mass is 10.1. The first-order valence-corrected chi connectivity index (χ1v) is 4.81. The normalized spacial score (nSPS) is 8.94. The fourth-order valence-electron chi connectivity index (χ4n) is 1.26. The molecule has 1 aromatic carbocycles. The third-order valence-corrected chi connectivity index (χ3v) is 2.14. The standard InChI is InChI=1S/C12H11N3O/c1-15(7-3-6-13)12(16)11-5-2-4-10(8-11)9-14/h2,4-5,8H,3,7H2,1H3. The monoisotopic (exact) mass is 213 g/mol. The lowest BCUT2D eigenvalue weighted by molar-refractivity contribution is 0.0798. The molecule has 0 radical (unpaired) electrons. The van der Waals surface area contributed by atoms with Gasteiger partial charge in [-0.2, -0.15) is 10.5 Å². The molecule has 1 rings (SSSR count). The van der Waals surface area contributed by atoms with Crippen LogP contribution in [0, 0.1) is 22.7 Å². The summed E-state index contributed by atoms with van der Waals surface area (Å²) in [6, 6.07) is 10.5. The van der Waals surface area contributed by atoms with E-state index in [0.29, 0.717) is 24.1 Å². The van der Waals surface area contributed by atoms with E-state index in [2.05, 4.69) is 0 Å². The van der Waals surface area contributed by atoms with Crippen LogP contribution < -0.4 is 0 Å². The number of rotatable bonds is 3. The van der Waals surface area contributed by atoms with E-state index in [1.165, 1.54) is 4.90 Å². The smallest absolute Gasteiger partial charge is 0.253 e. The number of amides is 1. The summed E-state index contributed by atoms with van der Waals surface area (Å²) >= 11 is 0. The van der Waals surface area contributed by atoms with Gasteiger partial charge in [0.2, 0.25) is 0 Å². The third-order valence-electron chi connectivity index (χ3n) is 2.14. The SMILES string of the molecule is CN(CCC#N)C(=O)c1cccc(C#N)c1. The minimum atomic E-state index is -0.174. The summed E-state index contributed by atoms with van der Waals surface area (Å²) in [6.45, 7) is 0.395. The lowest BCUT2D eigenvalue weighted by Crippen LogP contribution is -2.27. The summed E-state index contributed by atoms with van der Waals surface area (Å²) < 4.78 is 0. The van der Waals surface area contributed by atoms with Crippen molar-refractivity contribution in [1.82, 2.24) is 4.90 Å². The first kappa shape index (κ1) is 11.7. The molecular formula is C12H11N3O. The second-order valence-electron chi connectivity index (χ2n) is 3.33. The van der Waals surface area contributed by atoms with Gasteiger partial charge >= 0.3 is 0 Å². The van der Waals surface area contributed by atoms with Crippen LogP contribution in [0.3, 0.4) is 0 Å². The van der Waals surface area contributed by atoms with Crippen LogP contribution in [0.1, 0.15) is 22.3 Å². The summed E-state index contributed by atoms with van der Waals surface area (Å²) in [5.74, 6) is -0.174. The lowest BCUT2D eigenvalue weighted by Gasteiger charge is -2.15. The number of hydrogen-bond acceptors (Lipinski definition) is 3. The van der Waals surface area contributed by atoms with Gasteiger partial charge in [0.15, 0.2) is 0 Å². The molecular weight excluding hydrogens is 202 g/mol. The van der Waals surface area contributed by atoms with Gasteiger partial charge in [-0.1, -0.05) is 6.07 Å². The van der Waals surface area contributed by atoms with Crippen LogP contribution in [-0.4, -0.2) is 24.4 Å². The van der Waals surface area contributed by atoms with Gasteiger partial charge in [-0.05, 0) is 18.2 Å². The highest BCUT2D eigenvalue weighted by molar-refractivity contribution is 5.94. The molecule has 4 nitrogen and oxygen atoms in total. The van der Waals surface area contributed by atoms with Crippen molar-refractivity contribution in [3.05, 3.63) is 35.4 Å². The maximum Gasteiger partial charge on any atom is 0.253 e. The predicted octanol–water partition coefficient (Wildman–Crippen LogP) is 1.54. The summed E-state index contributed by atoms with van der Waals surface area (Å²) in [5, 5.41) is 17.1. The Morgan fingerprint density at radius 1 is 1.44 bits per heavy atom. The highest BCUT2D eigenvalue weighted by Crippen LogP contribution is 2.07. The quantitative estimate of drug-likeness (QED) is 0.764. The molecule has 16 heavy (non-hydrogen) atoms. The van der Waals surface area contributed by atoms with Crippen molar-refractivity contribution in [2.75, 3.05) is 13.6 Å². The Bertz CT molecular complexity index is 468. The fraction of sp³-hybridized carbons (Fsp3) is 0.250. The minimum absolute atomic E-state index is 0.174. The molecule has 1 amide bonds. The van der Waals surface area contributed by atoms with Gasteiger partial charge in [0.05, 0.1) is 24.1 Å². The molecule has 0 bridgehead atoms. The van der Waals surface area contributed by atoms with E-state index in [4.69, 9.17) is 10.5 Å². The van der Waals surface area contributed by atoms with Crippen LogP contribution in [0.25, 0.3) is 0 Å². The van der Waals surface area contributed by atoms with Crippen LogP contribution in [0.4, 0.5) is 0 Å². The molecule has 1 aromatic rings. The number of carbonyl (C=O) groups is 1. The summed E-state index contributed by atoms with van der Waals surface area (Å²) in [4.78, 5) is 13.3. The van der Waals surface area contributed by atoms with E-state index in [-0.39, 0.29) is 5.91 Å². The molecule has 0 aliphatic carbocycles. The Labute approximate surface area is 94.3 Å². The van der Waals surface area contributed by atoms with Crippen molar-refractivity contribution in [1.29, 1.82) is 10.5 Å². The van der Waals surface area contributed by atoms with E-state index in [1.807, 2.05) is 12.1 Å². The molecule has 0 atom stereocenters. The van der Waals surface area contributed by atoms with E-state index in [0.717, 1.165) is 0 Å². The molecule has 0 saturated heterocycles. The van der Waals surface area contributed by atoms with Crippen molar-refractivity contribution in [3.8, 4) is 12.1 Å². The zero-order valence-corrected chi connectivity index (χ0v) is 8.97. The van der Waals surface area contributed by atoms with Gasteiger partial charge in [0, 0.05) is 19.2 Å². The molecule has 0 N–H and O–H groups in total. The number of nitriles is 2. The third kappa shape index (κ3) is 2.83. The molecule has 0 unspecified atom stereocenters. The predicted molar refractivity (Wildman–Crippen MR) is 58.3 cm³/mol. The van der Waals surface area contributed by atoms with Crippen molar-refractivity contribution >= 4 is 5.91 Å². The van der Waals surface area contributed by atoms with Gasteiger partial charge in [0.25, 0.3) is 5.91 Å². The topological polar surface area (TPSA) is 67.9 Å². The average Bonchev–Trinajstić information content (AvgIpc) is 2.35. The highest BCUT2D eigenvalue weighted by atomic mass is 16.2. The number of benzene rings is 1. The second kappa shape index (κ2) is 5.53. The summed E-state index contributed by atoms with van der Waals surface area (Å²) in [5.41, 5.74) is 0.930.